The molecule has 0 unspecified atom stereocenters. The number of amides is 2. The number of rotatable bonds is 6. The minimum absolute atomic E-state index is 0.0972. The minimum atomic E-state index is -0.292. The van der Waals surface area contributed by atoms with E-state index in [-0.39, 0.29) is 18.4 Å². The van der Waals surface area contributed by atoms with Gasteiger partial charge in [0.1, 0.15) is 0 Å². The van der Waals surface area contributed by atoms with Crippen LogP contribution < -0.4 is 16.4 Å². The van der Waals surface area contributed by atoms with Crippen molar-refractivity contribution in [3.8, 4) is 0 Å². The van der Waals surface area contributed by atoms with Crippen LogP contribution >= 0.6 is 0 Å². The van der Waals surface area contributed by atoms with Crippen molar-refractivity contribution in [3.63, 3.8) is 0 Å². The number of benzene rings is 2. The largest absolute Gasteiger partial charge is 0.361 e. The maximum atomic E-state index is 12.5. The molecule has 0 spiro atoms. The Morgan fingerprint density at radius 1 is 1.15 bits per heavy atom. The highest BCUT2D eigenvalue weighted by Gasteiger charge is 2.11. The van der Waals surface area contributed by atoms with Crippen LogP contribution in [0.1, 0.15) is 21.5 Å². The van der Waals surface area contributed by atoms with Crippen LogP contribution in [0.5, 0.6) is 0 Å². The van der Waals surface area contributed by atoms with Crippen LogP contribution in [0, 0.1) is 6.92 Å². The second-order valence-electron chi connectivity index (χ2n) is 6.15. The summed E-state index contributed by atoms with van der Waals surface area (Å²) in [5.74, 6) is -0.453. The Labute approximate surface area is 151 Å². The van der Waals surface area contributed by atoms with Crippen molar-refractivity contribution in [2.24, 2.45) is 5.73 Å². The molecule has 134 valence electrons. The topological polar surface area (TPSA) is 100 Å². The molecule has 0 aliphatic rings. The Kier molecular flexibility index (Phi) is 5.34. The molecule has 0 bridgehead atoms. The molecule has 0 saturated carbocycles. The van der Waals surface area contributed by atoms with Crippen LogP contribution in [0.2, 0.25) is 0 Å². The molecular weight excluding hydrogens is 328 g/mol. The average molecular weight is 350 g/mol. The third-order valence-corrected chi connectivity index (χ3v) is 4.31. The van der Waals surface area contributed by atoms with Crippen LogP contribution in [-0.4, -0.2) is 29.9 Å². The van der Waals surface area contributed by atoms with E-state index >= 15 is 0 Å². The van der Waals surface area contributed by atoms with Crippen LogP contribution in [0.3, 0.4) is 0 Å². The highest BCUT2D eigenvalue weighted by atomic mass is 16.2. The predicted molar refractivity (Wildman–Crippen MR) is 103 cm³/mol. The number of hydrogen-bond acceptors (Lipinski definition) is 3. The van der Waals surface area contributed by atoms with Crippen molar-refractivity contribution in [1.82, 2.24) is 10.3 Å². The third kappa shape index (κ3) is 3.92. The molecule has 6 nitrogen and oxygen atoms in total. The van der Waals surface area contributed by atoms with Gasteiger partial charge in [0.15, 0.2) is 0 Å². The lowest BCUT2D eigenvalue weighted by molar-refractivity contribution is -0.114. The van der Waals surface area contributed by atoms with E-state index in [0.29, 0.717) is 17.8 Å². The molecule has 2 aromatic carbocycles. The van der Waals surface area contributed by atoms with Gasteiger partial charge in [-0.2, -0.15) is 0 Å². The van der Waals surface area contributed by atoms with Gasteiger partial charge in [-0.3, -0.25) is 9.59 Å². The molecule has 0 aliphatic heterocycles. The normalized spacial score (nSPS) is 10.7. The van der Waals surface area contributed by atoms with E-state index in [1.54, 1.807) is 18.2 Å². The lowest BCUT2D eigenvalue weighted by Crippen LogP contribution is -2.27. The SMILES string of the molecule is Cc1ccc(NC(=O)CN)cc1C(=O)NCCc1c[nH]c2ccccc12. The van der Waals surface area contributed by atoms with Gasteiger partial charge < -0.3 is 21.4 Å². The van der Waals surface area contributed by atoms with Gasteiger partial charge in [-0.1, -0.05) is 24.3 Å². The van der Waals surface area contributed by atoms with Gasteiger partial charge in [0.05, 0.1) is 6.54 Å². The standard InChI is InChI=1S/C20H22N4O2/c1-13-6-7-15(24-19(25)11-21)10-17(13)20(26)22-9-8-14-12-23-18-5-3-2-4-16(14)18/h2-7,10,12,23H,8-9,11,21H2,1H3,(H,22,26)(H,24,25). The Bertz CT molecular complexity index is 946. The number of anilines is 1. The number of hydrogen-bond donors (Lipinski definition) is 4. The molecule has 0 atom stereocenters. The number of H-pyrrole nitrogens is 1. The van der Waals surface area contributed by atoms with Crippen molar-refractivity contribution < 1.29 is 9.59 Å². The number of nitrogens with one attached hydrogen (secondary N) is 3. The number of aromatic nitrogens is 1. The van der Waals surface area contributed by atoms with Crippen molar-refractivity contribution in [2.45, 2.75) is 13.3 Å². The van der Waals surface area contributed by atoms with Crippen LogP contribution in [-0.2, 0) is 11.2 Å². The zero-order chi connectivity index (χ0) is 18.5. The fraction of sp³-hybridized carbons (Fsp3) is 0.200. The Balaban J connectivity index is 1.64. The van der Waals surface area contributed by atoms with E-state index in [4.69, 9.17) is 5.73 Å². The first-order chi connectivity index (χ1) is 12.6. The fourth-order valence-electron chi connectivity index (χ4n) is 2.90. The molecule has 6 heteroatoms. The first kappa shape index (κ1) is 17.7. The molecule has 0 fully saturated rings. The van der Waals surface area contributed by atoms with Gasteiger partial charge in [-0.05, 0) is 42.7 Å². The fourth-order valence-corrected chi connectivity index (χ4v) is 2.90. The summed E-state index contributed by atoms with van der Waals surface area (Å²) >= 11 is 0. The number of fused-ring (bicyclic) bond motifs is 1. The summed E-state index contributed by atoms with van der Waals surface area (Å²) in [4.78, 5) is 27.2. The second-order valence-corrected chi connectivity index (χ2v) is 6.15. The molecule has 1 aromatic heterocycles. The van der Waals surface area contributed by atoms with Gasteiger partial charge in [0, 0.05) is 34.9 Å². The highest BCUT2D eigenvalue weighted by Crippen LogP contribution is 2.18. The summed E-state index contributed by atoms with van der Waals surface area (Å²) in [5.41, 5.74) is 9.52. The number of carbonyl (C=O) groups excluding carboxylic acids is 2. The maximum Gasteiger partial charge on any atom is 0.251 e. The van der Waals surface area contributed by atoms with Crippen molar-refractivity contribution in [2.75, 3.05) is 18.4 Å². The highest BCUT2D eigenvalue weighted by molar-refractivity contribution is 5.98. The molecular formula is C20H22N4O2. The Morgan fingerprint density at radius 2 is 1.96 bits per heavy atom. The lowest BCUT2D eigenvalue weighted by atomic mass is 10.1. The summed E-state index contributed by atoms with van der Waals surface area (Å²) in [6, 6.07) is 13.3. The number of nitrogens with two attached hydrogens (primary N) is 1. The van der Waals surface area contributed by atoms with E-state index in [9.17, 15) is 9.59 Å². The molecule has 26 heavy (non-hydrogen) atoms. The zero-order valence-corrected chi connectivity index (χ0v) is 14.6. The van der Waals surface area contributed by atoms with Crippen LogP contribution in [0.25, 0.3) is 10.9 Å². The molecule has 0 saturated heterocycles. The first-order valence-corrected chi connectivity index (χ1v) is 8.52. The summed E-state index contributed by atoms with van der Waals surface area (Å²) in [6.07, 6.45) is 2.71. The molecule has 2 amide bonds. The van der Waals surface area contributed by atoms with Crippen LogP contribution in [0.15, 0.2) is 48.7 Å². The van der Waals surface area contributed by atoms with Gasteiger partial charge >= 0.3 is 0 Å². The van der Waals surface area contributed by atoms with Gasteiger partial charge in [-0.15, -0.1) is 0 Å². The van der Waals surface area contributed by atoms with Crippen molar-refractivity contribution in [1.29, 1.82) is 0 Å². The van der Waals surface area contributed by atoms with Crippen LogP contribution in [0.4, 0.5) is 5.69 Å². The molecule has 3 rings (SSSR count). The molecule has 0 aliphatic carbocycles. The van der Waals surface area contributed by atoms with E-state index in [1.807, 2.05) is 31.3 Å². The Hall–Kier alpha value is -3.12. The smallest absolute Gasteiger partial charge is 0.251 e. The van der Waals surface area contributed by atoms with E-state index < -0.39 is 0 Å². The number of aryl methyl sites for hydroxylation is 1. The monoisotopic (exact) mass is 350 g/mol. The van der Waals surface area contributed by atoms with Gasteiger partial charge in [-0.25, -0.2) is 0 Å². The number of para-hydroxylation sites is 1. The molecule has 5 N–H and O–H groups in total. The van der Waals surface area contributed by atoms with Crippen molar-refractivity contribution >= 4 is 28.4 Å². The minimum Gasteiger partial charge on any atom is -0.361 e. The van der Waals surface area contributed by atoms with Gasteiger partial charge in [0.25, 0.3) is 5.91 Å². The second kappa shape index (κ2) is 7.84. The van der Waals surface area contributed by atoms with Gasteiger partial charge in [0.2, 0.25) is 5.91 Å². The van der Waals surface area contributed by atoms with E-state index in [1.165, 1.54) is 10.9 Å². The first-order valence-electron chi connectivity index (χ1n) is 8.52. The lowest BCUT2D eigenvalue weighted by Gasteiger charge is -2.10. The number of aromatic amines is 1. The van der Waals surface area contributed by atoms with Crippen molar-refractivity contribution in [3.05, 3.63) is 65.4 Å². The molecule has 3 aromatic rings. The zero-order valence-electron chi connectivity index (χ0n) is 14.6. The summed E-state index contributed by atoms with van der Waals surface area (Å²) in [5, 5.41) is 6.78. The van der Waals surface area contributed by atoms with E-state index in [2.05, 4.69) is 21.7 Å². The predicted octanol–water partition coefficient (Wildman–Crippen LogP) is 2.35. The number of carbonyl (C=O) groups is 2. The molecule has 0 radical (unpaired) electrons. The summed E-state index contributed by atoms with van der Waals surface area (Å²) in [6.45, 7) is 2.29. The molecule has 1 heterocycles. The summed E-state index contributed by atoms with van der Waals surface area (Å²) in [7, 11) is 0. The quantitative estimate of drug-likeness (QED) is 0.549. The maximum absolute atomic E-state index is 12.5. The Morgan fingerprint density at radius 3 is 2.77 bits per heavy atom. The third-order valence-electron chi connectivity index (χ3n) is 4.31. The van der Waals surface area contributed by atoms with E-state index in [0.717, 1.165) is 17.5 Å². The average Bonchev–Trinajstić information content (AvgIpc) is 3.06. The summed E-state index contributed by atoms with van der Waals surface area (Å²) < 4.78 is 0.